The summed E-state index contributed by atoms with van der Waals surface area (Å²) in [7, 11) is 1.63. The van der Waals surface area contributed by atoms with E-state index < -0.39 is 5.54 Å². The number of carbonyl (C=O) groups excluding carboxylic acids is 2. The topological polar surface area (TPSA) is 76.5 Å². The van der Waals surface area contributed by atoms with Gasteiger partial charge in [0.1, 0.15) is 17.0 Å². The number of nitrogens with one attached hydrogen (secondary N) is 1. The Morgan fingerprint density at radius 3 is 2.49 bits per heavy atom. The van der Waals surface area contributed by atoms with E-state index in [0.717, 1.165) is 42.7 Å². The van der Waals surface area contributed by atoms with Crippen molar-refractivity contribution in [3.05, 3.63) is 47.3 Å². The minimum atomic E-state index is -1.06. The maximum atomic E-state index is 13.9. The van der Waals surface area contributed by atoms with Crippen LogP contribution in [0.25, 0.3) is 0 Å². The van der Waals surface area contributed by atoms with Crippen molar-refractivity contribution < 1.29 is 14.3 Å². The second kappa shape index (κ2) is 10.0. The third-order valence-corrected chi connectivity index (χ3v) is 7.47. The molecule has 7 nitrogen and oxygen atoms in total. The van der Waals surface area contributed by atoms with E-state index in [1.165, 1.54) is 19.3 Å². The van der Waals surface area contributed by atoms with Gasteiger partial charge in [0.15, 0.2) is 0 Å². The number of aromatic nitrogens is 2. The highest BCUT2D eigenvalue weighted by Gasteiger charge is 2.48. The van der Waals surface area contributed by atoms with Gasteiger partial charge in [-0.25, -0.2) is 0 Å². The Hall–Kier alpha value is -2.83. The zero-order chi connectivity index (χ0) is 25.2. The van der Waals surface area contributed by atoms with Crippen molar-refractivity contribution in [3.63, 3.8) is 0 Å². The lowest BCUT2D eigenvalue weighted by Gasteiger charge is -2.44. The van der Waals surface area contributed by atoms with Crippen molar-refractivity contribution in [1.82, 2.24) is 20.0 Å². The third kappa shape index (κ3) is 5.39. The van der Waals surface area contributed by atoms with Crippen LogP contribution in [0.5, 0.6) is 5.75 Å². The fourth-order valence-corrected chi connectivity index (χ4v) is 5.15. The van der Waals surface area contributed by atoms with Gasteiger partial charge in [0, 0.05) is 18.0 Å². The number of nitrogens with zero attached hydrogens (tertiary/aromatic N) is 3. The molecule has 1 aliphatic heterocycles. The molecule has 1 unspecified atom stereocenters. The van der Waals surface area contributed by atoms with E-state index in [-0.39, 0.29) is 23.3 Å². The molecule has 0 saturated heterocycles. The number of benzene rings is 1. The van der Waals surface area contributed by atoms with Crippen LogP contribution in [0.3, 0.4) is 0 Å². The smallest absolute Gasteiger partial charge is 0.273 e. The summed E-state index contributed by atoms with van der Waals surface area (Å²) in [6.45, 7) is 8.78. The molecule has 2 heterocycles. The van der Waals surface area contributed by atoms with Gasteiger partial charge in [-0.2, -0.15) is 5.10 Å². The van der Waals surface area contributed by atoms with Crippen molar-refractivity contribution in [2.75, 3.05) is 7.11 Å². The summed E-state index contributed by atoms with van der Waals surface area (Å²) in [6, 6.07) is 9.72. The first-order valence-electron chi connectivity index (χ1n) is 13.0. The number of hydrogen-bond donors (Lipinski definition) is 1. The van der Waals surface area contributed by atoms with Gasteiger partial charge in [-0.15, -0.1) is 0 Å². The number of ether oxygens (including phenoxy) is 1. The zero-order valence-corrected chi connectivity index (χ0v) is 21.9. The van der Waals surface area contributed by atoms with Gasteiger partial charge < -0.3 is 15.0 Å². The molecule has 0 bridgehead atoms. The molecule has 1 aromatic carbocycles. The van der Waals surface area contributed by atoms with Crippen LogP contribution in [0.15, 0.2) is 30.3 Å². The van der Waals surface area contributed by atoms with E-state index >= 15 is 0 Å². The van der Waals surface area contributed by atoms with Crippen LogP contribution in [0.2, 0.25) is 0 Å². The van der Waals surface area contributed by atoms with Crippen molar-refractivity contribution in [2.45, 2.75) is 103 Å². The molecule has 4 rings (SSSR count). The lowest BCUT2D eigenvalue weighted by atomic mass is 9.91. The zero-order valence-electron chi connectivity index (χ0n) is 21.9. The fourth-order valence-electron chi connectivity index (χ4n) is 5.15. The van der Waals surface area contributed by atoms with Crippen LogP contribution in [-0.2, 0) is 23.3 Å². The summed E-state index contributed by atoms with van der Waals surface area (Å²) in [5, 5.41) is 8.09. The highest BCUT2D eigenvalue weighted by atomic mass is 16.5. The number of hydrogen-bond acceptors (Lipinski definition) is 4. The van der Waals surface area contributed by atoms with E-state index in [1.807, 2.05) is 37.3 Å². The molecule has 0 radical (unpaired) electrons. The summed E-state index contributed by atoms with van der Waals surface area (Å²) in [5.74, 6) is 0.461. The number of amides is 2. The Morgan fingerprint density at radius 2 is 1.83 bits per heavy atom. The predicted octanol–water partition coefficient (Wildman–Crippen LogP) is 4.83. The van der Waals surface area contributed by atoms with E-state index in [0.29, 0.717) is 18.8 Å². The average molecular weight is 481 g/mol. The Morgan fingerprint density at radius 1 is 1.14 bits per heavy atom. The molecule has 1 N–H and O–H groups in total. The van der Waals surface area contributed by atoms with Crippen LogP contribution in [0, 0.1) is 0 Å². The molecule has 2 amide bonds. The van der Waals surface area contributed by atoms with E-state index in [1.54, 1.807) is 16.7 Å². The van der Waals surface area contributed by atoms with Crippen LogP contribution in [0.1, 0.15) is 94.4 Å². The minimum Gasteiger partial charge on any atom is -0.497 e. The molecule has 7 heteroatoms. The van der Waals surface area contributed by atoms with E-state index in [9.17, 15) is 9.59 Å². The summed E-state index contributed by atoms with van der Waals surface area (Å²) < 4.78 is 7.13. The van der Waals surface area contributed by atoms with Crippen LogP contribution in [-0.4, -0.2) is 45.2 Å². The lowest BCUT2D eigenvalue weighted by Crippen LogP contribution is -2.64. The maximum Gasteiger partial charge on any atom is 0.273 e. The molecule has 2 aliphatic rings. The molecule has 190 valence electrons. The van der Waals surface area contributed by atoms with Crippen LogP contribution < -0.4 is 10.1 Å². The van der Waals surface area contributed by atoms with Gasteiger partial charge in [-0.3, -0.25) is 14.3 Å². The first-order valence-corrected chi connectivity index (χ1v) is 13.0. The van der Waals surface area contributed by atoms with Crippen LogP contribution >= 0.6 is 0 Å². The van der Waals surface area contributed by atoms with Gasteiger partial charge in [-0.05, 0) is 43.5 Å². The van der Waals surface area contributed by atoms with Gasteiger partial charge >= 0.3 is 0 Å². The van der Waals surface area contributed by atoms with E-state index in [4.69, 9.17) is 9.84 Å². The first kappa shape index (κ1) is 25.3. The maximum absolute atomic E-state index is 13.9. The molecule has 1 atom stereocenters. The largest absolute Gasteiger partial charge is 0.497 e. The monoisotopic (exact) mass is 480 g/mol. The second-order valence-electron chi connectivity index (χ2n) is 11.4. The highest BCUT2D eigenvalue weighted by molar-refractivity contribution is 5.99. The molecule has 35 heavy (non-hydrogen) atoms. The minimum absolute atomic E-state index is 0.0993. The summed E-state index contributed by atoms with van der Waals surface area (Å²) >= 11 is 0. The third-order valence-electron chi connectivity index (χ3n) is 7.47. The predicted molar refractivity (Wildman–Crippen MR) is 136 cm³/mol. The second-order valence-corrected chi connectivity index (χ2v) is 11.4. The fraction of sp³-hybridized carbons (Fsp3) is 0.607. The Bertz CT molecular complexity index is 1060. The number of carbonyl (C=O) groups is 2. The average Bonchev–Trinajstić information content (AvgIpc) is 3.23. The van der Waals surface area contributed by atoms with E-state index in [2.05, 4.69) is 26.1 Å². The summed E-state index contributed by atoms with van der Waals surface area (Å²) in [6.07, 6.45) is 7.96. The molecule has 0 spiro atoms. The molecule has 1 saturated carbocycles. The summed E-state index contributed by atoms with van der Waals surface area (Å²) in [5.41, 5.74) is 1.06. The van der Waals surface area contributed by atoms with Crippen molar-refractivity contribution in [1.29, 1.82) is 0 Å². The molecule has 2 aromatic rings. The quantitative estimate of drug-likeness (QED) is 0.665. The van der Waals surface area contributed by atoms with Crippen molar-refractivity contribution in [3.8, 4) is 5.75 Å². The lowest BCUT2D eigenvalue weighted by molar-refractivity contribution is -0.134. The Labute approximate surface area is 209 Å². The van der Waals surface area contributed by atoms with Gasteiger partial charge in [-0.1, -0.05) is 65.0 Å². The van der Waals surface area contributed by atoms with Gasteiger partial charge in [0.05, 0.1) is 19.3 Å². The summed E-state index contributed by atoms with van der Waals surface area (Å²) in [4.78, 5) is 29.5. The molecule has 1 aliphatic carbocycles. The van der Waals surface area contributed by atoms with Gasteiger partial charge in [0.25, 0.3) is 5.91 Å². The van der Waals surface area contributed by atoms with Crippen LogP contribution in [0.4, 0.5) is 0 Å². The normalized spacial score (nSPS) is 21.7. The molecular formula is C28H40N4O3. The highest BCUT2D eigenvalue weighted by Crippen LogP contribution is 2.32. The number of fused-ring (bicyclic) bond motifs is 1. The van der Waals surface area contributed by atoms with Crippen molar-refractivity contribution in [2.24, 2.45) is 0 Å². The number of methoxy groups -OCH3 is 1. The van der Waals surface area contributed by atoms with Gasteiger partial charge in [0.2, 0.25) is 5.91 Å². The molecule has 1 aromatic heterocycles. The Kier molecular flexibility index (Phi) is 7.25. The SMILES string of the molecule is COc1cccc(CN2C(=O)c3cc(C(C)(C)C)nn3CC2(C)C(=O)NC2CCCCCCC2)c1. The number of rotatable bonds is 5. The Balaban J connectivity index is 1.68. The molecular weight excluding hydrogens is 440 g/mol. The van der Waals surface area contributed by atoms with Crippen molar-refractivity contribution >= 4 is 11.8 Å². The standard InChI is InChI=1S/C28H40N4O3/c1-27(2,3)24-17-23-25(33)31(18-20-12-11-15-22(16-20)35-5)28(4,19-32(23)30-24)26(34)29-21-13-9-7-6-8-10-14-21/h11-12,15-17,21H,6-10,13-14,18-19H2,1-5H3,(H,29,34). The molecule has 1 fully saturated rings. The first-order chi connectivity index (χ1) is 16.6.